The van der Waals surface area contributed by atoms with Gasteiger partial charge in [0.1, 0.15) is 5.75 Å². The lowest BCUT2D eigenvalue weighted by atomic mass is 9.94. The summed E-state index contributed by atoms with van der Waals surface area (Å²) in [7, 11) is 1.57. The third kappa shape index (κ3) is 2.55. The van der Waals surface area contributed by atoms with Gasteiger partial charge in [-0.1, -0.05) is 42.5 Å². The molecule has 3 aromatic rings. The molecule has 0 aromatic heterocycles. The van der Waals surface area contributed by atoms with Crippen molar-refractivity contribution < 1.29 is 19.4 Å². The lowest BCUT2D eigenvalue weighted by Gasteiger charge is -2.11. The Kier molecular flexibility index (Phi) is 3.81. The monoisotopic (exact) mass is 306 g/mol. The largest absolute Gasteiger partial charge is 0.496 e. The molecule has 0 spiro atoms. The second kappa shape index (κ2) is 5.93. The molecule has 0 saturated carbocycles. The van der Waals surface area contributed by atoms with Crippen LogP contribution in [-0.2, 0) is 0 Å². The summed E-state index contributed by atoms with van der Waals surface area (Å²) in [5.41, 5.74) is 0.628. The molecule has 0 bridgehead atoms. The summed E-state index contributed by atoms with van der Waals surface area (Å²) >= 11 is 0. The highest BCUT2D eigenvalue weighted by atomic mass is 16.5. The van der Waals surface area contributed by atoms with Gasteiger partial charge in [-0.05, 0) is 23.6 Å². The van der Waals surface area contributed by atoms with Crippen molar-refractivity contribution >= 4 is 22.5 Å². The summed E-state index contributed by atoms with van der Waals surface area (Å²) in [5.74, 6) is -0.766. The zero-order chi connectivity index (χ0) is 16.4. The molecule has 0 aliphatic carbocycles. The number of methoxy groups -OCH3 is 1. The van der Waals surface area contributed by atoms with Gasteiger partial charge >= 0.3 is 5.97 Å². The Morgan fingerprint density at radius 2 is 1.39 bits per heavy atom. The standard InChI is InChI=1S/C19H14O4/c1-23-17-11-10-15(12-6-2-3-7-13(12)17)18(20)14-8-4-5-9-16(14)19(21)22/h2-11H,1H3,(H,21,22). The van der Waals surface area contributed by atoms with Crippen LogP contribution in [0.5, 0.6) is 5.75 Å². The minimum absolute atomic E-state index is 0.00241. The molecule has 0 aliphatic rings. The van der Waals surface area contributed by atoms with E-state index in [1.807, 2.05) is 24.3 Å². The van der Waals surface area contributed by atoms with Gasteiger partial charge in [0.2, 0.25) is 0 Å². The topological polar surface area (TPSA) is 63.6 Å². The van der Waals surface area contributed by atoms with Crippen LogP contribution >= 0.6 is 0 Å². The van der Waals surface area contributed by atoms with E-state index < -0.39 is 5.97 Å². The smallest absolute Gasteiger partial charge is 0.336 e. The Morgan fingerprint density at radius 1 is 0.783 bits per heavy atom. The van der Waals surface area contributed by atoms with E-state index in [0.29, 0.717) is 11.3 Å². The first-order valence-electron chi connectivity index (χ1n) is 7.06. The fourth-order valence-corrected chi connectivity index (χ4v) is 2.66. The predicted octanol–water partition coefficient (Wildman–Crippen LogP) is 3.78. The van der Waals surface area contributed by atoms with E-state index in [1.165, 1.54) is 12.1 Å². The van der Waals surface area contributed by atoms with E-state index in [0.717, 1.165) is 10.8 Å². The Labute approximate surface area is 132 Å². The lowest BCUT2D eigenvalue weighted by Crippen LogP contribution is -2.10. The van der Waals surface area contributed by atoms with E-state index in [9.17, 15) is 14.7 Å². The van der Waals surface area contributed by atoms with Gasteiger partial charge in [-0.2, -0.15) is 0 Å². The van der Waals surface area contributed by atoms with Crippen molar-refractivity contribution in [1.29, 1.82) is 0 Å². The molecule has 1 N–H and O–H groups in total. The maximum Gasteiger partial charge on any atom is 0.336 e. The number of carboxylic acids is 1. The van der Waals surface area contributed by atoms with Crippen molar-refractivity contribution in [3.8, 4) is 5.75 Å². The molecule has 23 heavy (non-hydrogen) atoms. The van der Waals surface area contributed by atoms with Gasteiger partial charge < -0.3 is 9.84 Å². The average Bonchev–Trinajstić information content (AvgIpc) is 2.60. The first-order chi connectivity index (χ1) is 11.1. The molecule has 0 radical (unpaired) electrons. The van der Waals surface area contributed by atoms with E-state index in [2.05, 4.69) is 0 Å². The molecule has 0 fully saturated rings. The zero-order valence-corrected chi connectivity index (χ0v) is 12.4. The summed E-state index contributed by atoms with van der Waals surface area (Å²) in [6, 6.07) is 17.0. The minimum atomic E-state index is -1.12. The normalized spacial score (nSPS) is 10.5. The Hall–Kier alpha value is -3.14. The van der Waals surface area contributed by atoms with Crippen molar-refractivity contribution in [1.82, 2.24) is 0 Å². The molecular weight excluding hydrogens is 292 g/mol. The van der Waals surface area contributed by atoms with Crippen molar-refractivity contribution in [2.75, 3.05) is 7.11 Å². The number of ketones is 1. The van der Waals surface area contributed by atoms with E-state index >= 15 is 0 Å². The van der Waals surface area contributed by atoms with Gasteiger partial charge in [-0.3, -0.25) is 4.79 Å². The van der Waals surface area contributed by atoms with Gasteiger partial charge in [0.15, 0.2) is 5.78 Å². The lowest BCUT2D eigenvalue weighted by molar-refractivity contribution is 0.0693. The molecule has 0 heterocycles. The predicted molar refractivity (Wildman–Crippen MR) is 87.3 cm³/mol. The van der Waals surface area contributed by atoms with Crippen molar-refractivity contribution in [3.63, 3.8) is 0 Å². The first-order valence-corrected chi connectivity index (χ1v) is 7.06. The molecule has 4 heteroatoms. The van der Waals surface area contributed by atoms with Crippen LogP contribution in [0.2, 0.25) is 0 Å². The number of carbonyl (C=O) groups is 2. The molecule has 4 nitrogen and oxygen atoms in total. The molecule has 0 amide bonds. The number of fused-ring (bicyclic) bond motifs is 1. The van der Waals surface area contributed by atoms with Gasteiger partial charge in [-0.15, -0.1) is 0 Å². The van der Waals surface area contributed by atoms with E-state index in [1.54, 1.807) is 31.4 Å². The molecule has 3 aromatic carbocycles. The third-order valence-electron chi connectivity index (χ3n) is 3.75. The second-order valence-electron chi connectivity index (χ2n) is 5.04. The quantitative estimate of drug-likeness (QED) is 0.745. The van der Waals surface area contributed by atoms with Crippen LogP contribution in [0, 0.1) is 0 Å². The summed E-state index contributed by atoms with van der Waals surface area (Å²) in [6.07, 6.45) is 0. The van der Waals surface area contributed by atoms with Crippen molar-refractivity contribution in [2.45, 2.75) is 0 Å². The summed E-state index contributed by atoms with van der Waals surface area (Å²) in [5, 5.41) is 10.8. The van der Waals surface area contributed by atoms with Gasteiger partial charge in [-0.25, -0.2) is 4.79 Å². The number of carboxylic acid groups (broad SMARTS) is 1. The van der Waals surface area contributed by atoms with Crippen molar-refractivity contribution in [2.24, 2.45) is 0 Å². The summed E-state index contributed by atoms with van der Waals surface area (Å²) in [6.45, 7) is 0. The SMILES string of the molecule is COc1ccc(C(=O)c2ccccc2C(=O)O)c2ccccc12. The highest BCUT2D eigenvalue weighted by Crippen LogP contribution is 2.30. The minimum Gasteiger partial charge on any atom is -0.496 e. The first kappa shape index (κ1) is 14.8. The maximum atomic E-state index is 12.9. The number of hydrogen-bond acceptors (Lipinski definition) is 3. The second-order valence-corrected chi connectivity index (χ2v) is 5.04. The van der Waals surface area contributed by atoms with Crippen molar-refractivity contribution in [3.05, 3.63) is 77.4 Å². The number of hydrogen-bond donors (Lipinski definition) is 1. The Balaban J connectivity index is 2.22. The van der Waals surface area contributed by atoms with Crippen LogP contribution in [0.25, 0.3) is 10.8 Å². The van der Waals surface area contributed by atoms with Crippen LogP contribution in [0.1, 0.15) is 26.3 Å². The summed E-state index contributed by atoms with van der Waals surface area (Å²) < 4.78 is 5.32. The van der Waals surface area contributed by atoms with Gasteiger partial charge in [0, 0.05) is 16.5 Å². The highest BCUT2D eigenvalue weighted by molar-refractivity contribution is 6.20. The third-order valence-corrected chi connectivity index (χ3v) is 3.75. The Morgan fingerprint density at radius 3 is 2.04 bits per heavy atom. The molecule has 0 saturated heterocycles. The van der Waals surface area contributed by atoms with Crippen LogP contribution in [-0.4, -0.2) is 24.0 Å². The summed E-state index contributed by atoms with van der Waals surface area (Å²) in [4.78, 5) is 24.2. The molecule has 114 valence electrons. The molecule has 0 aliphatic heterocycles. The van der Waals surface area contributed by atoms with E-state index in [-0.39, 0.29) is 16.9 Å². The van der Waals surface area contributed by atoms with Crippen LogP contribution in [0.15, 0.2) is 60.7 Å². The van der Waals surface area contributed by atoms with Crippen LogP contribution < -0.4 is 4.74 Å². The fourth-order valence-electron chi connectivity index (χ4n) is 2.66. The van der Waals surface area contributed by atoms with Crippen LogP contribution in [0.3, 0.4) is 0 Å². The number of rotatable bonds is 4. The zero-order valence-electron chi connectivity index (χ0n) is 12.4. The highest BCUT2D eigenvalue weighted by Gasteiger charge is 2.19. The number of aromatic carboxylic acids is 1. The molecule has 0 unspecified atom stereocenters. The molecule has 0 atom stereocenters. The number of carbonyl (C=O) groups excluding carboxylic acids is 1. The van der Waals surface area contributed by atoms with Gasteiger partial charge in [0.05, 0.1) is 12.7 Å². The van der Waals surface area contributed by atoms with E-state index in [4.69, 9.17) is 4.74 Å². The number of benzene rings is 3. The molecule has 3 rings (SSSR count). The van der Waals surface area contributed by atoms with Crippen LogP contribution in [0.4, 0.5) is 0 Å². The fraction of sp³-hybridized carbons (Fsp3) is 0.0526. The average molecular weight is 306 g/mol. The maximum absolute atomic E-state index is 12.9. The Bertz CT molecular complexity index is 912. The number of ether oxygens (including phenoxy) is 1. The van der Waals surface area contributed by atoms with Gasteiger partial charge in [0.25, 0.3) is 0 Å². The molecular formula is C19H14O4.